The van der Waals surface area contributed by atoms with Crippen molar-refractivity contribution in [1.29, 1.82) is 0 Å². The topological polar surface area (TPSA) is 39.2 Å². The first-order valence-corrected chi connectivity index (χ1v) is 6.91. The van der Waals surface area contributed by atoms with Crippen molar-refractivity contribution in [3.8, 4) is 5.75 Å². The molecule has 3 heteroatoms. The molecule has 1 aliphatic rings. The summed E-state index contributed by atoms with van der Waals surface area (Å²) in [6.45, 7) is 2.77. The van der Waals surface area contributed by atoms with Gasteiger partial charge in [-0.05, 0) is 30.9 Å². The lowest BCUT2D eigenvalue weighted by atomic mass is 9.92. The Kier molecular flexibility index (Phi) is 4.73. The Morgan fingerprint density at radius 3 is 3.06 bits per heavy atom. The molecule has 0 saturated heterocycles. The van der Waals surface area contributed by atoms with Crippen LogP contribution in [0.5, 0.6) is 5.75 Å². The Morgan fingerprint density at radius 1 is 1.33 bits per heavy atom. The van der Waals surface area contributed by atoms with E-state index in [0.717, 1.165) is 37.0 Å². The maximum atomic E-state index is 12.1. The van der Waals surface area contributed by atoms with E-state index in [-0.39, 0.29) is 5.92 Å². The molecule has 1 aromatic rings. The van der Waals surface area contributed by atoms with E-state index in [9.17, 15) is 4.79 Å². The second kappa shape index (κ2) is 6.53. The molecule has 0 spiro atoms. The van der Waals surface area contributed by atoms with Crippen LogP contribution in [0.25, 0.3) is 0 Å². The van der Waals surface area contributed by atoms with Gasteiger partial charge >= 0.3 is 0 Å². The van der Waals surface area contributed by atoms with Gasteiger partial charge in [0.2, 0.25) is 0 Å². The minimum absolute atomic E-state index is 0.0326. The molecule has 1 fully saturated rings. The zero-order chi connectivity index (χ0) is 12.8. The second-order valence-corrected chi connectivity index (χ2v) is 4.92. The molecule has 0 N–H and O–H groups in total. The first-order valence-electron chi connectivity index (χ1n) is 6.91. The highest BCUT2D eigenvalue weighted by Gasteiger charge is 2.22. The first-order chi connectivity index (χ1) is 8.81. The summed E-state index contributed by atoms with van der Waals surface area (Å²) in [6.07, 6.45) is 9.52. The molecule has 0 amide bonds. The Balaban J connectivity index is 2.13. The van der Waals surface area contributed by atoms with Crippen molar-refractivity contribution in [1.82, 2.24) is 4.98 Å². The molecule has 0 aliphatic heterocycles. The predicted octanol–water partition coefficient (Wildman–Crippen LogP) is 3.49. The van der Waals surface area contributed by atoms with Gasteiger partial charge in [-0.15, -0.1) is 0 Å². The number of hydrogen-bond donors (Lipinski definition) is 0. The van der Waals surface area contributed by atoms with Crippen LogP contribution in [-0.4, -0.2) is 17.4 Å². The fraction of sp³-hybridized carbons (Fsp3) is 0.600. The molecular formula is C15H21NO2. The maximum absolute atomic E-state index is 12.1. The number of carbonyl (C=O) groups is 1. The van der Waals surface area contributed by atoms with Crippen molar-refractivity contribution in [3.05, 3.63) is 24.0 Å². The van der Waals surface area contributed by atoms with Gasteiger partial charge in [0.25, 0.3) is 0 Å². The molecule has 1 atom stereocenters. The third-order valence-corrected chi connectivity index (χ3v) is 3.41. The molecule has 98 valence electrons. The van der Waals surface area contributed by atoms with Gasteiger partial charge in [-0.3, -0.25) is 9.78 Å². The average molecular weight is 247 g/mol. The average Bonchev–Trinajstić information content (AvgIpc) is 2.61. The van der Waals surface area contributed by atoms with Gasteiger partial charge in [0.15, 0.2) is 0 Å². The first kappa shape index (κ1) is 13.1. The van der Waals surface area contributed by atoms with Gasteiger partial charge in [-0.25, -0.2) is 0 Å². The molecule has 1 saturated carbocycles. The molecular weight excluding hydrogens is 226 g/mol. The fourth-order valence-electron chi connectivity index (χ4n) is 2.44. The summed E-state index contributed by atoms with van der Waals surface area (Å²) < 4.78 is 5.58. The van der Waals surface area contributed by atoms with Crippen molar-refractivity contribution in [2.75, 3.05) is 6.61 Å². The number of hydrogen-bond acceptors (Lipinski definition) is 3. The van der Waals surface area contributed by atoms with Crippen LogP contribution < -0.4 is 4.74 Å². The highest BCUT2D eigenvalue weighted by Crippen LogP contribution is 2.30. The molecule has 2 rings (SSSR count). The van der Waals surface area contributed by atoms with E-state index in [1.165, 1.54) is 6.42 Å². The van der Waals surface area contributed by atoms with Gasteiger partial charge in [-0.2, -0.15) is 0 Å². The number of rotatable bonds is 4. The summed E-state index contributed by atoms with van der Waals surface area (Å²) >= 11 is 0. The van der Waals surface area contributed by atoms with Crippen LogP contribution in [0.15, 0.2) is 18.5 Å². The Labute approximate surface area is 109 Å². The molecule has 1 aliphatic carbocycles. The lowest BCUT2D eigenvalue weighted by Gasteiger charge is -2.14. The smallest absolute Gasteiger partial charge is 0.140 e. The van der Waals surface area contributed by atoms with Gasteiger partial charge in [0.05, 0.1) is 12.8 Å². The minimum atomic E-state index is 0.0326. The quantitative estimate of drug-likeness (QED) is 0.764. The van der Waals surface area contributed by atoms with Crippen LogP contribution in [0.3, 0.4) is 0 Å². The Morgan fingerprint density at radius 2 is 2.22 bits per heavy atom. The van der Waals surface area contributed by atoms with Crippen LogP contribution in [0, 0.1) is 0 Å². The number of Topliss-reactive ketones (excluding diaryl/α,β-unsaturated/α-hetero) is 1. The zero-order valence-electron chi connectivity index (χ0n) is 11.0. The predicted molar refractivity (Wildman–Crippen MR) is 70.9 cm³/mol. The third kappa shape index (κ3) is 3.31. The van der Waals surface area contributed by atoms with Gasteiger partial charge < -0.3 is 4.74 Å². The second-order valence-electron chi connectivity index (χ2n) is 4.92. The number of pyridine rings is 1. The molecule has 3 nitrogen and oxygen atoms in total. The van der Waals surface area contributed by atoms with E-state index in [0.29, 0.717) is 18.8 Å². The summed E-state index contributed by atoms with van der Waals surface area (Å²) in [6, 6.07) is 1.98. The summed E-state index contributed by atoms with van der Waals surface area (Å²) in [5.41, 5.74) is 1.02. The summed E-state index contributed by atoms with van der Waals surface area (Å²) in [7, 11) is 0. The monoisotopic (exact) mass is 247 g/mol. The number of aromatic nitrogens is 1. The number of ketones is 1. The van der Waals surface area contributed by atoms with Crippen molar-refractivity contribution in [2.45, 2.75) is 51.4 Å². The normalized spacial score (nSPS) is 20.5. The maximum Gasteiger partial charge on any atom is 0.140 e. The van der Waals surface area contributed by atoms with Crippen LogP contribution >= 0.6 is 0 Å². The lowest BCUT2D eigenvalue weighted by molar-refractivity contribution is -0.120. The van der Waals surface area contributed by atoms with E-state index in [4.69, 9.17) is 4.74 Å². The molecule has 1 aromatic heterocycles. The van der Waals surface area contributed by atoms with E-state index < -0.39 is 0 Å². The highest BCUT2D eigenvalue weighted by molar-refractivity contribution is 5.85. The van der Waals surface area contributed by atoms with Crippen molar-refractivity contribution in [2.24, 2.45) is 0 Å². The largest absolute Gasteiger partial charge is 0.492 e. The van der Waals surface area contributed by atoms with Gasteiger partial charge in [0.1, 0.15) is 11.5 Å². The van der Waals surface area contributed by atoms with Crippen molar-refractivity contribution in [3.63, 3.8) is 0 Å². The van der Waals surface area contributed by atoms with Gasteiger partial charge in [-0.1, -0.05) is 19.8 Å². The number of carbonyl (C=O) groups excluding carboxylic acids is 1. The van der Waals surface area contributed by atoms with Crippen LogP contribution in [0.2, 0.25) is 0 Å². The molecule has 0 bridgehead atoms. The van der Waals surface area contributed by atoms with Crippen molar-refractivity contribution >= 4 is 5.78 Å². The van der Waals surface area contributed by atoms with E-state index in [2.05, 4.69) is 11.9 Å². The van der Waals surface area contributed by atoms with Crippen LogP contribution in [-0.2, 0) is 4.79 Å². The van der Waals surface area contributed by atoms with Gasteiger partial charge in [0, 0.05) is 18.5 Å². The zero-order valence-corrected chi connectivity index (χ0v) is 11.0. The molecule has 0 aromatic carbocycles. The summed E-state index contributed by atoms with van der Waals surface area (Å²) in [4.78, 5) is 16.3. The number of nitrogens with zero attached hydrogens (tertiary/aromatic N) is 1. The van der Waals surface area contributed by atoms with Crippen LogP contribution in [0.1, 0.15) is 56.9 Å². The third-order valence-electron chi connectivity index (χ3n) is 3.41. The molecule has 1 heterocycles. The number of ether oxygens (including phenoxy) is 1. The minimum Gasteiger partial charge on any atom is -0.492 e. The Bertz CT molecular complexity index is 403. The molecule has 18 heavy (non-hydrogen) atoms. The van der Waals surface area contributed by atoms with E-state index in [1.54, 1.807) is 6.20 Å². The summed E-state index contributed by atoms with van der Waals surface area (Å²) in [5.74, 6) is 1.18. The van der Waals surface area contributed by atoms with E-state index >= 15 is 0 Å². The SMILES string of the molecule is CCCOc1cncc(C2CCCCCC2=O)c1. The van der Waals surface area contributed by atoms with Crippen molar-refractivity contribution < 1.29 is 9.53 Å². The lowest BCUT2D eigenvalue weighted by Crippen LogP contribution is -2.11. The summed E-state index contributed by atoms with van der Waals surface area (Å²) in [5, 5.41) is 0. The highest BCUT2D eigenvalue weighted by atomic mass is 16.5. The van der Waals surface area contributed by atoms with E-state index in [1.807, 2.05) is 12.3 Å². The van der Waals surface area contributed by atoms with Crippen LogP contribution in [0.4, 0.5) is 0 Å². The standard InChI is InChI=1S/C15H21NO2/c1-2-8-18-13-9-12(10-16-11-13)14-6-4-3-5-7-15(14)17/h9-11,14H,2-8H2,1H3. The molecule has 0 radical (unpaired) electrons. The fourth-order valence-corrected chi connectivity index (χ4v) is 2.44. The Hall–Kier alpha value is -1.38. The molecule has 1 unspecified atom stereocenters.